The maximum atomic E-state index is 14.0. The number of hydrogen-bond donors (Lipinski definition) is 1. The van der Waals surface area contributed by atoms with Gasteiger partial charge in [0, 0.05) is 12.7 Å². The molecule has 0 radical (unpaired) electrons. The molecule has 1 amide bonds. The summed E-state index contributed by atoms with van der Waals surface area (Å²) in [5.41, 5.74) is 2.15. The van der Waals surface area contributed by atoms with Crippen molar-refractivity contribution in [2.45, 2.75) is 12.1 Å². The number of aromatic nitrogens is 3. The molecule has 1 heterocycles. The first-order chi connectivity index (χ1) is 15.5. The monoisotopic (exact) mass is 448 g/mol. The van der Waals surface area contributed by atoms with E-state index < -0.39 is 0 Å². The van der Waals surface area contributed by atoms with Crippen molar-refractivity contribution in [3.63, 3.8) is 0 Å². The van der Waals surface area contributed by atoms with Crippen LogP contribution in [0, 0.1) is 12.7 Å². The van der Waals surface area contributed by atoms with Gasteiger partial charge in [-0.05, 0) is 61.0 Å². The third-order valence-electron chi connectivity index (χ3n) is 4.65. The number of nitrogens with zero attached hydrogens (tertiary/aromatic N) is 3. The number of ether oxygens (including phenoxy) is 1. The van der Waals surface area contributed by atoms with E-state index >= 15 is 0 Å². The highest BCUT2D eigenvalue weighted by molar-refractivity contribution is 7.99. The molecule has 8 heteroatoms. The number of thioether (sulfide) groups is 1. The van der Waals surface area contributed by atoms with E-state index in [0.717, 1.165) is 11.3 Å². The summed E-state index contributed by atoms with van der Waals surface area (Å²) < 4.78 is 21.5. The van der Waals surface area contributed by atoms with Gasteiger partial charge in [-0.3, -0.25) is 4.79 Å². The average molecular weight is 449 g/mol. The second-order valence-corrected chi connectivity index (χ2v) is 8.07. The molecule has 1 N–H and O–H groups in total. The maximum absolute atomic E-state index is 14.0. The Labute approximate surface area is 189 Å². The lowest BCUT2D eigenvalue weighted by molar-refractivity contribution is -0.113. The number of rotatable bonds is 7. The van der Waals surface area contributed by atoms with Crippen LogP contribution in [-0.2, 0) is 11.8 Å². The zero-order valence-electron chi connectivity index (χ0n) is 17.6. The minimum Gasteiger partial charge on any atom is -0.457 e. The third-order valence-corrected chi connectivity index (χ3v) is 5.67. The zero-order chi connectivity index (χ0) is 22.5. The highest BCUT2D eigenvalue weighted by Crippen LogP contribution is 2.26. The van der Waals surface area contributed by atoms with E-state index in [1.165, 1.54) is 17.8 Å². The van der Waals surface area contributed by atoms with Crippen LogP contribution in [0.1, 0.15) is 5.56 Å². The molecular weight excluding hydrogens is 427 g/mol. The Morgan fingerprint density at radius 2 is 1.81 bits per heavy atom. The van der Waals surface area contributed by atoms with E-state index in [4.69, 9.17) is 4.74 Å². The van der Waals surface area contributed by atoms with Crippen molar-refractivity contribution in [1.82, 2.24) is 14.8 Å². The van der Waals surface area contributed by atoms with Crippen molar-refractivity contribution in [1.29, 1.82) is 0 Å². The quantitative estimate of drug-likeness (QED) is 0.381. The van der Waals surface area contributed by atoms with Gasteiger partial charge in [0.2, 0.25) is 5.91 Å². The van der Waals surface area contributed by atoms with Crippen molar-refractivity contribution in [3.8, 4) is 22.9 Å². The second kappa shape index (κ2) is 9.65. The molecule has 0 spiro atoms. The first-order valence-corrected chi connectivity index (χ1v) is 10.9. The van der Waals surface area contributed by atoms with Crippen LogP contribution < -0.4 is 10.1 Å². The average Bonchev–Trinajstić information content (AvgIpc) is 3.14. The number of nitrogens with one attached hydrogen (secondary N) is 1. The van der Waals surface area contributed by atoms with Gasteiger partial charge >= 0.3 is 0 Å². The first-order valence-electron chi connectivity index (χ1n) is 9.91. The summed E-state index contributed by atoms with van der Waals surface area (Å²) in [7, 11) is 1.75. The number of aryl methyl sites for hydroxylation is 1. The fraction of sp³-hybridized carbons (Fsp3) is 0.125. The molecule has 32 heavy (non-hydrogen) atoms. The fourth-order valence-corrected chi connectivity index (χ4v) is 3.78. The van der Waals surface area contributed by atoms with Gasteiger partial charge in [-0.15, -0.1) is 10.2 Å². The van der Waals surface area contributed by atoms with E-state index in [-0.39, 0.29) is 17.5 Å². The van der Waals surface area contributed by atoms with Crippen molar-refractivity contribution in [2.75, 3.05) is 11.1 Å². The molecule has 4 aromatic rings. The van der Waals surface area contributed by atoms with E-state index in [9.17, 15) is 9.18 Å². The van der Waals surface area contributed by atoms with Crippen molar-refractivity contribution in [2.24, 2.45) is 7.05 Å². The van der Waals surface area contributed by atoms with Crippen molar-refractivity contribution >= 4 is 23.4 Å². The highest BCUT2D eigenvalue weighted by Gasteiger charge is 2.15. The molecule has 0 saturated heterocycles. The number of amides is 1. The first kappa shape index (κ1) is 21.6. The largest absolute Gasteiger partial charge is 0.457 e. The number of halogens is 1. The Morgan fingerprint density at radius 3 is 2.56 bits per heavy atom. The van der Waals surface area contributed by atoms with E-state index in [2.05, 4.69) is 15.5 Å². The molecule has 0 aliphatic carbocycles. The summed E-state index contributed by atoms with van der Waals surface area (Å²) >= 11 is 1.23. The van der Waals surface area contributed by atoms with Gasteiger partial charge in [0.15, 0.2) is 11.0 Å². The predicted molar refractivity (Wildman–Crippen MR) is 123 cm³/mol. The SMILES string of the molecule is Cc1cccc(Oc2ccc(NC(=O)CSc3nnc(-c4ccccc4F)n3C)cc2)c1. The summed E-state index contributed by atoms with van der Waals surface area (Å²) in [6, 6.07) is 21.3. The van der Waals surface area contributed by atoms with Crippen LogP contribution in [0.2, 0.25) is 0 Å². The van der Waals surface area contributed by atoms with Gasteiger partial charge in [0.05, 0.1) is 11.3 Å². The van der Waals surface area contributed by atoms with Crippen LogP contribution in [0.4, 0.5) is 10.1 Å². The Hall–Kier alpha value is -3.65. The molecule has 0 fully saturated rings. The predicted octanol–water partition coefficient (Wildman–Crippen LogP) is 5.45. The van der Waals surface area contributed by atoms with Gasteiger partial charge < -0.3 is 14.6 Å². The number of carbonyl (C=O) groups is 1. The number of hydrogen-bond acceptors (Lipinski definition) is 5. The molecule has 0 saturated carbocycles. The Bertz CT molecular complexity index is 1240. The third kappa shape index (κ3) is 5.15. The summed E-state index contributed by atoms with van der Waals surface area (Å²) in [4.78, 5) is 12.4. The lowest BCUT2D eigenvalue weighted by Crippen LogP contribution is -2.14. The normalized spacial score (nSPS) is 10.7. The number of anilines is 1. The lowest BCUT2D eigenvalue weighted by atomic mass is 10.2. The number of benzene rings is 3. The zero-order valence-corrected chi connectivity index (χ0v) is 18.4. The van der Waals surface area contributed by atoms with Crippen LogP contribution in [0.15, 0.2) is 78.0 Å². The Balaban J connectivity index is 1.33. The van der Waals surface area contributed by atoms with Crippen LogP contribution in [0.5, 0.6) is 11.5 Å². The highest BCUT2D eigenvalue weighted by atomic mass is 32.2. The van der Waals surface area contributed by atoms with Gasteiger partial charge in [-0.25, -0.2) is 4.39 Å². The van der Waals surface area contributed by atoms with Crippen LogP contribution in [-0.4, -0.2) is 26.4 Å². The summed E-state index contributed by atoms with van der Waals surface area (Å²) in [6.45, 7) is 2.01. The van der Waals surface area contributed by atoms with Crippen molar-refractivity contribution in [3.05, 3.63) is 84.2 Å². The minimum atomic E-state index is -0.368. The molecule has 162 valence electrons. The van der Waals surface area contributed by atoms with Crippen LogP contribution in [0.25, 0.3) is 11.4 Å². The fourth-order valence-electron chi connectivity index (χ4n) is 3.07. The molecule has 0 unspecified atom stereocenters. The molecule has 4 rings (SSSR count). The Kier molecular flexibility index (Phi) is 6.51. The van der Waals surface area contributed by atoms with Gasteiger partial charge in [-0.1, -0.05) is 36.0 Å². The molecule has 1 aromatic heterocycles. The molecular formula is C24H21FN4O2S. The summed E-state index contributed by atoms with van der Waals surface area (Å²) in [5, 5.41) is 11.5. The second-order valence-electron chi connectivity index (χ2n) is 7.12. The van der Waals surface area contributed by atoms with Crippen molar-refractivity contribution < 1.29 is 13.9 Å². The van der Waals surface area contributed by atoms with Crippen LogP contribution in [0.3, 0.4) is 0 Å². The van der Waals surface area contributed by atoms with E-state index in [1.807, 2.05) is 31.2 Å². The standard InChI is InChI=1S/C24H21FN4O2S/c1-16-6-5-7-19(14-16)31-18-12-10-17(11-13-18)26-22(30)15-32-24-28-27-23(29(24)2)20-8-3-4-9-21(20)25/h3-14H,15H2,1-2H3,(H,26,30). The number of carbonyl (C=O) groups excluding carboxylic acids is 1. The molecule has 6 nitrogen and oxygen atoms in total. The van der Waals surface area contributed by atoms with Crippen LogP contribution >= 0.6 is 11.8 Å². The van der Waals surface area contributed by atoms with Gasteiger partial charge in [-0.2, -0.15) is 0 Å². The molecule has 0 atom stereocenters. The lowest BCUT2D eigenvalue weighted by Gasteiger charge is -2.09. The Morgan fingerprint density at radius 1 is 1.03 bits per heavy atom. The molecule has 3 aromatic carbocycles. The summed E-state index contributed by atoms with van der Waals surface area (Å²) in [6.07, 6.45) is 0. The summed E-state index contributed by atoms with van der Waals surface area (Å²) in [5.74, 6) is 1.45. The molecule has 0 aliphatic rings. The minimum absolute atomic E-state index is 0.144. The topological polar surface area (TPSA) is 69.0 Å². The molecule has 0 aliphatic heterocycles. The van der Waals surface area contributed by atoms with Gasteiger partial charge in [0.1, 0.15) is 17.3 Å². The van der Waals surface area contributed by atoms with E-state index in [1.54, 1.807) is 54.1 Å². The van der Waals surface area contributed by atoms with Gasteiger partial charge in [0.25, 0.3) is 0 Å². The van der Waals surface area contributed by atoms with E-state index in [0.29, 0.717) is 28.0 Å². The smallest absolute Gasteiger partial charge is 0.234 e. The maximum Gasteiger partial charge on any atom is 0.234 e. The molecule has 0 bridgehead atoms.